The molecule has 0 N–H and O–H groups in total. The molecular formula is C9H7BrF2. The Balaban J connectivity index is 3.33. The van der Waals surface area contributed by atoms with E-state index in [4.69, 9.17) is 0 Å². The van der Waals surface area contributed by atoms with Gasteiger partial charge in [-0.25, -0.2) is 8.78 Å². The average molecular weight is 233 g/mol. The highest BCUT2D eigenvalue weighted by Gasteiger charge is 2.07. The predicted molar refractivity (Wildman–Crippen MR) is 48.8 cm³/mol. The number of halogens is 3. The summed E-state index contributed by atoms with van der Waals surface area (Å²) >= 11 is 2.97. The van der Waals surface area contributed by atoms with Gasteiger partial charge < -0.3 is 0 Å². The van der Waals surface area contributed by atoms with Crippen molar-refractivity contribution in [2.24, 2.45) is 0 Å². The molecule has 0 aliphatic rings. The second kappa shape index (κ2) is 3.35. The van der Waals surface area contributed by atoms with Crippen LogP contribution < -0.4 is 0 Å². The average Bonchev–Trinajstić information content (AvgIpc) is 1.96. The lowest BCUT2D eigenvalue weighted by atomic mass is 10.1. The largest absolute Gasteiger partial charge is 0.206 e. The first-order chi connectivity index (χ1) is 5.52. The maximum Gasteiger partial charge on any atom is 0.140 e. The minimum absolute atomic E-state index is 0.252. The number of hydrogen-bond donors (Lipinski definition) is 0. The van der Waals surface area contributed by atoms with Crippen molar-refractivity contribution < 1.29 is 8.78 Å². The fourth-order valence-electron chi connectivity index (χ4n) is 0.850. The lowest BCUT2D eigenvalue weighted by Gasteiger charge is -2.03. The van der Waals surface area contributed by atoms with E-state index >= 15 is 0 Å². The molecule has 0 unspecified atom stereocenters. The van der Waals surface area contributed by atoms with E-state index in [1.807, 2.05) is 0 Å². The highest BCUT2D eigenvalue weighted by Crippen LogP contribution is 2.23. The highest BCUT2D eigenvalue weighted by atomic mass is 79.9. The fourth-order valence-corrected chi connectivity index (χ4v) is 1.19. The summed E-state index contributed by atoms with van der Waals surface area (Å²) in [6.45, 7) is 5.24. The minimum Gasteiger partial charge on any atom is -0.206 e. The van der Waals surface area contributed by atoms with E-state index in [0.29, 0.717) is 11.1 Å². The lowest BCUT2D eigenvalue weighted by molar-refractivity contribution is 0.576. The fraction of sp³-hybridized carbons (Fsp3) is 0.111. The van der Waals surface area contributed by atoms with Crippen LogP contribution in [0.2, 0.25) is 0 Å². The Morgan fingerprint density at radius 1 is 1.33 bits per heavy atom. The van der Waals surface area contributed by atoms with Gasteiger partial charge in [-0.2, -0.15) is 0 Å². The molecule has 3 heteroatoms. The summed E-state index contributed by atoms with van der Waals surface area (Å²) in [5.41, 5.74) is 0.913. The Morgan fingerprint density at radius 2 is 1.92 bits per heavy atom. The van der Waals surface area contributed by atoms with Gasteiger partial charge in [0.15, 0.2) is 0 Å². The molecule has 1 rings (SSSR count). The smallest absolute Gasteiger partial charge is 0.140 e. The van der Waals surface area contributed by atoms with Crippen molar-refractivity contribution in [2.75, 3.05) is 0 Å². The zero-order valence-electron chi connectivity index (χ0n) is 6.50. The molecule has 0 aromatic heterocycles. The SMILES string of the molecule is C=C(C)c1cc(Br)c(F)cc1F. The van der Waals surface area contributed by atoms with Gasteiger partial charge in [0, 0.05) is 11.6 Å². The van der Waals surface area contributed by atoms with Crippen LogP contribution in [0.4, 0.5) is 8.78 Å². The molecule has 0 aliphatic carbocycles. The van der Waals surface area contributed by atoms with Gasteiger partial charge >= 0.3 is 0 Å². The van der Waals surface area contributed by atoms with Gasteiger partial charge in [-0.15, -0.1) is 0 Å². The maximum atomic E-state index is 13.0. The highest BCUT2D eigenvalue weighted by molar-refractivity contribution is 9.10. The summed E-state index contributed by atoms with van der Waals surface area (Å²) in [6, 6.07) is 2.22. The van der Waals surface area contributed by atoms with Crippen molar-refractivity contribution in [1.82, 2.24) is 0 Å². The van der Waals surface area contributed by atoms with E-state index in [2.05, 4.69) is 22.5 Å². The van der Waals surface area contributed by atoms with Gasteiger partial charge in [0.2, 0.25) is 0 Å². The molecule has 0 nitrogen and oxygen atoms in total. The van der Waals surface area contributed by atoms with Gasteiger partial charge in [0.1, 0.15) is 11.6 Å². The third-order valence-corrected chi connectivity index (χ3v) is 2.08. The zero-order chi connectivity index (χ0) is 9.30. The second-order valence-corrected chi connectivity index (χ2v) is 3.38. The Bertz CT molecular complexity index is 332. The van der Waals surface area contributed by atoms with Crippen LogP contribution >= 0.6 is 15.9 Å². The molecule has 12 heavy (non-hydrogen) atoms. The van der Waals surface area contributed by atoms with Gasteiger partial charge in [-0.05, 0) is 34.5 Å². The molecule has 0 saturated carbocycles. The Kier molecular flexibility index (Phi) is 2.62. The molecule has 0 amide bonds. The first-order valence-electron chi connectivity index (χ1n) is 3.33. The van der Waals surface area contributed by atoms with Crippen molar-refractivity contribution in [1.29, 1.82) is 0 Å². The Hall–Kier alpha value is -0.700. The number of benzene rings is 1. The number of allylic oxidation sites excluding steroid dienone is 1. The molecule has 0 heterocycles. The van der Waals surface area contributed by atoms with Crippen LogP contribution in [0.15, 0.2) is 23.2 Å². The van der Waals surface area contributed by atoms with Gasteiger partial charge in [0.25, 0.3) is 0 Å². The molecule has 0 atom stereocenters. The molecule has 64 valence electrons. The zero-order valence-corrected chi connectivity index (χ0v) is 8.08. The normalized spacial score (nSPS) is 10.0. The van der Waals surface area contributed by atoms with E-state index in [0.717, 1.165) is 6.07 Å². The third-order valence-electron chi connectivity index (χ3n) is 1.47. The molecule has 0 fully saturated rings. The molecule has 0 radical (unpaired) electrons. The first kappa shape index (κ1) is 9.39. The summed E-state index contributed by atoms with van der Waals surface area (Å²) in [6.07, 6.45) is 0. The van der Waals surface area contributed by atoms with Crippen LogP contribution in [0, 0.1) is 11.6 Å². The lowest BCUT2D eigenvalue weighted by Crippen LogP contribution is -1.89. The van der Waals surface area contributed by atoms with Crippen molar-refractivity contribution in [3.8, 4) is 0 Å². The summed E-state index contributed by atoms with van der Waals surface area (Å²) in [7, 11) is 0. The summed E-state index contributed by atoms with van der Waals surface area (Å²) in [5.74, 6) is -1.18. The Morgan fingerprint density at radius 3 is 2.42 bits per heavy atom. The van der Waals surface area contributed by atoms with E-state index in [-0.39, 0.29) is 4.47 Å². The second-order valence-electron chi connectivity index (χ2n) is 2.53. The maximum absolute atomic E-state index is 13.0. The molecule has 0 bridgehead atoms. The molecule has 1 aromatic carbocycles. The molecular weight excluding hydrogens is 226 g/mol. The Labute approximate surface area is 78.0 Å². The first-order valence-corrected chi connectivity index (χ1v) is 4.12. The summed E-state index contributed by atoms with van der Waals surface area (Å²) < 4.78 is 25.9. The van der Waals surface area contributed by atoms with E-state index < -0.39 is 11.6 Å². The quantitative estimate of drug-likeness (QED) is 0.648. The van der Waals surface area contributed by atoms with Gasteiger partial charge in [-0.3, -0.25) is 0 Å². The minimum atomic E-state index is -0.600. The number of rotatable bonds is 1. The van der Waals surface area contributed by atoms with Crippen molar-refractivity contribution in [3.05, 3.63) is 40.4 Å². The molecule has 1 aromatic rings. The monoisotopic (exact) mass is 232 g/mol. The molecule has 0 spiro atoms. The van der Waals surface area contributed by atoms with Crippen LogP contribution in [0.3, 0.4) is 0 Å². The van der Waals surface area contributed by atoms with Crippen molar-refractivity contribution in [2.45, 2.75) is 6.92 Å². The van der Waals surface area contributed by atoms with Crippen LogP contribution in [0.25, 0.3) is 5.57 Å². The number of hydrogen-bond acceptors (Lipinski definition) is 0. The van der Waals surface area contributed by atoms with E-state index in [9.17, 15) is 8.78 Å². The van der Waals surface area contributed by atoms with E-state index in [1.165, 1.54) is 6.07 Å². The molecule has 0 aliphatic heterocycles. The van der Waals surface area contributed by atoms with Gasteiger partial charge in [-0.1, -0.05) is 6.58 Å². The third kappa shape index (κ3) is 1.72. The van der Waals surface area contributed by atoms with Crippen LogP contribution in [-0.4, -0.2) is 0 Å². The summed E-state index contributed by atoms with van der Waals surface area (Å²) in [4.78, 5) is 0. The van der Waals surface area contributed by atoms with Crippen LogP contribution in [0.5, 0.6) is 0 Å². The van der Waals surface area contributed by atoms with Crippen LogP contribution in [-0.2, 0) is 0 Å². The van der Waals surface area contributed by atoms with Crippen molar-refractivity contribution >= 4 is 21.5 Å². The van der Waals surface area contributed by atoms with Crippen LogP contribution in [0.1, 0.15) is 12.5 Å². The predicted octanol–water partition coefficient (Wildman–Crippen LogP) is 3.76. The molecule has 0 saturated heterocycles. The van der Waals surface area contributed by atoms with Gasteiger partial charge in [0.05, 0.1) is 4.47 Å². The van der Waals surface area contributed by atoms with E-state index in [1.54, 1.807) is 6.92 Å². The topological polar surface area (TPSA) is 0 Å². The standard InChI is InChI=1S/C9H7BrF2/c1-5(2)6-3-7(10)9(12)4-8(6)11/h3-4H,1H2,2H3. The summed E-state index contributed by atoms with van der Waals surface area (Å²) in [5, 5.41) is 0. The van der Waals surface area contributed by atoms with Crippen molar-refractivity contribution in [3.63, 3.8) is 0 Å².